The summed E-state index contributed by atoms with van der Waals surface area (Å²) in [6.45, 7) is 4.09. The van der Waals surface area contributed by atoms with Crippen LogP contribution in [0.4, 0.5) is 0 Å². The third kappa shape index (κ3) is 4.62. The van der Waals surface area contributed by atoms with Gasteiger partial charge >= 0.3 is 0 Å². The number of amides is 2. The van der Waals surface area contributed by atoms with Crippen molar-refractivity contribution in [1.82, 2.24) is 10.6 Å². The minimum absolute atomic E-state index is 0.166. The Kier molecular flexibility index (Phi) is 5.35. The Balaban J connectivity index is 1.80. The lowest BCUT2D eigenvalue weighted by molar-refractivity contribution is -0.497. The predicted molar refractivity (Wildman–Crippen MR) is 82.2 cm³/mol. The van der Waals surface area contributed by atoms with Crippen LogP contribution in [0.5, 0.6) is 0 Å². The molecule has 2 saturated carbocycles. The topological polar surface area (TPSA) is 144 Å². The number of nitrogens with one attached hydrogen (secondary N) is 2. The molecule has 2 N–H and O–H groups in total. The van der Waals surface area contributed by atoms with E-state index in [9.17, 15) is 29.8 Å². The summed E-state index contributed by atoms with van der Waals surface area (Å²) in [6, 6.07) is -1.97. The van der Waals surface area contributed by atoms with Crippen molar-refractivity contribution in [2.24, 2.45) is 17.8 Å². The first-order chi connectivity index (χ1) is 11.2. The van der Waals surface area contributed by atoms with Gasteiger partial charge in [-0.15, -0.1) is 0 Å². The number of nitro groups is 2. The van der Waals surface area contributed by atoms with E-state index >= 15 is 0 Å². The van der Waals surface area contributed by atoms with Gasteiger partial charge in [0.05, 0.1) is 0 Å². The average Bonchev–Trinajstić information content (AvgIpc) is 3.36. The van der Waals surface area contributed by atoms with Crippen LogP contribution in [0.25, 0.3) is 0 Å². The molecule has 0 aliphatic heterocycles. The quantitative estimate of drug-likeness (QED) is 0.444. The zero-order valence-corrected chi connectivity index (χ0v) is 13.6. The van der Waals surface area contributed by atoms with E-state index in [1.807, 2.05) is 13.8 Å². The van der Waals surface area contributed by atoms with Crippen LogP contribution >= 0.6 is 0 Å². The van der Waals surface area contributed by atoms with Gasteiger partial charge in [0, 0.05) is 35.3 Å². The van der Waals surface area contributed by atoms with Crippen LogP contribution < -0.4 is 10.6 Å². The molecule has 134 valence electrons. The Labute approximate surface area is 138 Å². The van der Waals surface area contributed by atoms with Crippen molar-refractivity contribution in [1.29, 1.82) is 0 Å². The van der Waals surface area contributed by atoms with E-state index < -0.39 is 33.8 Å². The fourth-order valence-electron chi connectivity index (χ4n) is 2.82. The Morgan fingerprint density at radius 3 is 1.96 bits per heavy atom. The third-order valence-corrected chi connectivity index (χ3v) is 4.35. The molecule has 2 aliphatic rings. The standard InChI is InChI=1S/C14H22N4O6/c1-7(2)3-8(16-14(20)10-5-12(10)18(23)24)6-15-13(19)9-4-11(9)17(21)22/h7-12H,3-6H2,1-2H3,(H,15,19)(H,16,20)/t8-,9-,10-,11+,12-/m1/s1. The Hall–Kier alpha value is -2.26. The maximum absolute atomic E-state index is 12.0. The number of hydrogen-bond acceptors (Lipinski definition) is 6. The molecule has 0 aromatic rings. The SMILES string of the molecule is CC(C)C[C@H](CNC(=O)[C@@H]1C[C@@H]1[N+](=O)[O-])NC(=O)[C@@H]1C[C@H]1[N+](=O)[O-]. The molecular weight excluding hydrogens is 320 g/mol. The molecule has 0 spiro atoms. The normalized spacial score (nSPS) is 28.8. The molecule has 2 aliphatic carbocycles. The van der Waals surface area contributed by atoms with Crippen molar-refractivity contribution in [3.05, 3.63) is 20.2 Å². The maximum atomic E-state index is 12.0. The van der Waals surface area contributed by atoms with E-state index in [1.54, 1.807) is 0 Å². The maximum Gasteiger partial charge on any atom is 0.230 e. The summed E-state index contributed by atoms with van der Waals surface area (Å²) in [5, 5.41) is 26.6. The second-order valence-corrected chi connectivity index (χ2v) is 6.97. The first-order valence-corrected chi connectivity index (χ1v) is 8.05. The number of carbonyl (C=O) groups is 2. The molecule has 2 amide bonds. The van der Waals surface area contributed by atoms with Crippen LogP contribution in [0, 0.1) is 38.0 Å². The van der Waals surface area contributed by atoms with Gasteiger partial charge in [-0.25, -0.2) is 0 Å². The minimum atomic E-state index is -0.813. The second kappa shape index (κ2) is 7.10. The summed E-state index contributed by atoms with van der Waals surface area (Å²) in [7, 11) is 0. The van der Waals surface area contributed by atoms with Gasteiger partial charge in [-0.2, -0.15) is 0 Å². The van der Waals surface area contributed by atoms with E-state index in [0.717, 1.165) is 0 Å². The molecule has 0 bridgehead atoms. The molecule has 2 rings (SSSR count). The van der Waals surface area contributed by atoms with Gasteiger partial charge in [-0.3, -0.25) is 29.8 Å². The lowest BCUT2D eigenvalue weighted by Crippen LogP contribution is -2.46. The van der Waals surface area contributed by atoms with Gasteiger partial charge in [0.15, 0.2) is 0 Å². The van der Waals surface area contributed by atoms with Gasteiger partial charge in [0.2, 0.25) is 23.9 Å². The first kappa shape index (κ1) is 18.1. The summed E-state index contributed by atoms with van der Waals surface area (Å²) < 4.78 is 0. The molecule has 0 saturated heterocycles. The zero-order valence-electron chi connectivity index (χ0n) is 13.6. The monoisotopic (exact) mass is 342 g/mol. The largest absolute Gasteiger partial charge is 0.354 e. The number of nitrogens with zero attached hydrogens (tertiary/aromatic N) is 2. The van der Waals surface area contributed by atoms with Gasteiger partial charge in [0.25, 0.3) is 0 Å². The van der Waals surface area contributed by atoms with Crippen molar-refractivity contribution in [3.63, 3.8) is 0 Å². The van der Waals surface area contributed by atoms with Crippen LogP contribution in [0.1, 0.15) is 33.1 Å². The molecule has 5 atom stereocenters. The molecule has 2 fully saturated rings. The highest BCUT2D eigenvalue weighted by atomic mass is 16.6. The molecule has 10 heteroatoms. The van der Waals surface area contributed by atoms with E-state index in [1.165, 1.54) is 0 Å². The summed E-state index contributed by atoms with van der Waals surface area (Å²) in [6.07, 6.45) is 1.09. The highest BCUT2D eigenvalue weighted by Crippen LogP contribution is 2.34. The minimum Gasteiger partial charge on any atom is -0.354 e. The van der Waals surface area contributed by atoms with Gasteiger partial charge in [0.1, 0.15) is 11.8 Å². The fraction of sp³-hybridized carbons (Fsp3) is 0.857. The molecule has 0 aromatic carbocycles. The van der Waals surface area contributed by atoms with E-state index in [-0.39, 0.29) is 43.2 Å². The summed E-state index contributed by atoms with van der Waals surface area (Å²) in [4.78, 5) is 44.2. The summed E-state index contributed by atoms with van der Waals surface area (Å²) in [5.41, 5.74) is 0. The van der Waals surface area contributed by atoms with Crippen molar-refractivity contribution >= 4 is 11.8 Å². The second-order valence-electron chi connectivity index (χ2n) is 6.97. The van der Waals surface area contributed by atoms with E-state index in [0.29, 0.717) is 6.42 Å². The smallest absolute Gasteiger partial charge is 0.230 e. The van der Waals surface area contributed by atoms with E-state index in [4.69, 9.17) is 0 Å². The Morgan fingerprint density at radius 1 is 1.04 bits per heavy atom. The van der Waals surface area contributed by atoms with Crippen LogP contribution in [0.3, 0.4) is 0 Å². The van der Waals surface area contributed by atoms with Crippen LogP contribution in [0.15, 0.2) is 0 Å². The number of carbonyl (C=O) groups excluding carboxylic acids is 2. The van der Waals surface area contributed by atoms with Crippen LogP contribution in [-0.2, 0) is 9.59 Å². The zero-order chi connectivity index (χ0) is 18.0. The Bertz CT molecular complexity index is 551. The Morgan fingerprint density at radius 2 is 1.54 bits per heavy atom. The number of rotatable bonds is 9. The van der Waals surface area contributed by atoms with Gasteiger partial charge in [-0.05, 0) is 12.3 Å². The molecule has 10 nitrogen and oxygen atoms in total. The highest BCUT2D eigenvalue weighted by Gasteiger charge is 2.54. The fourth-order valence-corrected chi connectivity index (χ4v) is 2.82. The van der Waals surface area contributed by atoms with Gasteiger partial charge in [-0.1, -0.05) is 13.8 Å². The van der Waals surface area contributed by atoms with Crippen molar-refractivity contribution < 1.29 is 19.4 Å². The third-order valence-electron chi connectivity index (χ3n) is 4.35. The molecule has 0 aromatic heterocycles. The van der Waals surface area contributed by atoms with E-state index in [2.05, 4.69) is 10.6 Å². The molecular formula is C14H22N4O6. The number of hydrogen-bond donors (Lipinski definition) is 2. The lowest BCUT2D eigenvalue weighted by atomic mass is 10.0. The summed E-state index contributed by atoms with van der Waals surface area (Å²) >= 11 is 0. The molecule has 0 radical (unpaired) electrons. The van der Waals surface area contributed by atoms with Crippen LogP contribution in [-0.4, -0.2) is 46.3 Å². The molecule has 24 heavy (non-hydrogen) atoms. The van der Waals surface area contributed by atoms with Crippen LogP contribution in [0.2, 0.25) is 0 Å². The predicted octanol–water partition coefficient (Wildman–Crippen LogP) is -0.0361. The lowest BCUT2D eigenvalue weighted by Gasteiger charge is -2.21. The van der Waals surface area contributed by atoms with Crippen molar-refractivity contribution in [3.8, 4) is 0 Å². The highest BCUT2D eigenvalue weighted by molar-refractivity contribution is 5.83. The molecule has 0 unspecified atom stereocenters. The van der Waals surface area contributed by atoms with Crippen molar-refractivity contribution in [2.45, 2.75) is 51.2 Å². The van der Waals surface area contributed by atoms with Gasteiger partial charge < -0.3 is 10.6 Å². The first-order valence-electron chi connectivity index (χ1n) is 8.05. The van der Waals surface area contributed by atoms with Crippen molar-refractivity contribution in [2.75, 3.05) is 6.54 Å². The average molecular weight is 342 g/mol. The summed E-state index contributed by atoms with van der Waals surface area (Å²) in [5.74, 6) is -1.70. The molecule has 0 heterocycles.